The largest absolute Gasteiger partial charge is 0.345 e. The molecule has 3 aromatic rings. The predicted molar refractivity (Wildman–Crippen MR) is 104 cm³/mol. The summed E-state index contributed by atoms with van der Waals surface area (Å²) in [5.74, 6) is -0.288. The van der Waals surface area contributed by atoms with E-state index in [0.29, 0.717) is 0 Å². The minimum Gasteiger partial charge on any atom is -0.345 e. The third-order valence-electron chi connectivity index (χ3n) is 4.25. The van der Waals surface area contributed by atoms with Crippen molar-refractivity contribution in [2.24, 2.45) is 5.92 Å². The van der Waals surface area contributed by atoms with Crippen LogP contribution in [0.25, 0.3) is 11.0 Å². The lowest BCUT2D eigenvalue weighted by Gasteiger charge is -2.22. The molecule has 0 bridgehead atoms. The van der Waals surface area contributed by atoms with Gasteiger partial charge in [-0.05, 0) is 43.5 Å². The van der Waals surface area contributed by atoms with Crippen LogP contribution in [0.4, 0.5) is 4.39 Å². The average molecular weight is 371 g/mol. The molecule has 136 valence electrons. The van der Waals surface area contributed by atoms with Gasteiger partial charge in [-0.2, -0.15) is 0 Å². The summed E-state index contributed by atoms with van der Waals surface area (Å²) in [6, 6.07) is 6.07. The van der Waals surface area contributed by atoms with Crippen molar-refractivity contribution in [1.82, 2.24) is 14.7 Å². The highest BCUT2D eigenvalue weighted by molar-refractivity contribution is 7.17. The second kappa shape index (κ2) is 7.41. The molecule has 1 atom stereocenters. The third-order valence-corrected chi connectivity index (χ3v) is 5.15. The Kier molecular flexibility index (Phi) is 5.23. The topological polar surface area (TPSA) is 46.4 Å². The normalized spacial score (nSPS) is 13.0. The van der Waals surface area contributed by atoms with E-state index < -0.39 is 0 Å². The Bertz CT molecular complexity index is 954. The lowest BCUT2D eigenvalue weighted by atomic mass is 9.96. The van der Waals surface area contributed by atoms with E-state index in [9.17, 15) is 9.18 Å². The van der Waals surface area contributed by atoms with Crippen LogP contribution in [0.3, 0.4) is 0 Å². The van der Waals surface area contributed by atoms with Gasteiger partial charge < -0.3 is 5.32 Å². The zero-order valence-corrected chi connectivity index (χ0v) is 16.1. The number of amides is 1. The molecular formula is C20H22FN3OS. The van der Waals surface area contributed by atoms with Crippen molar-refractivity contribution in [3.63, 3.8) is 0 Å². The second-order valence-corrected chi connectivity index (χ2v) is 7.91. The number of imidazole rings is 1. The first kappa shape index (κ1) is 18.3. The van der Waals surface area contributed by atoms with Crippen molar-refractivity contribution < 1.29 is 9.18 Å². The van der Waals surface area contributed by atoms with Crippen LogP contribution in [-0.4, -0.2) is 15.3 Å². The van der Waals surface area contributed by atoms with E-state index in [0.717, 1.165) is 21.9 Å². The molecule has 0 aliphatic rings. The molecule has 1 amide bonds. The quantitative estimate of drug-likeness (QED) is 0.662. The van der Waals surface area contributed by atoms with Gasteiger partial charge in [0.15, 0.2) is 4.96 Å². The van der Waals surface area contributed by atoms with E-state index in [1.165, 1.54) is 23.1 Å². The second-order valence-electron chi connectivity index (χ2n) is 6.69. The number of halogens is 1. The summed E-state index contributed by atoms with van der Waals surface area (Å²) in [4.78, 5) is 19.1. The molecule has 2 heterocycles. The van der Waals surface area contributed by atoms with Crippen LogP contribution in [0.2, 0.25) is 0 Å². The summed E-state index contributed by atoms with van der Waals surface area (Å²) in [7, 11) is 0. The highest BCUT2D eigenvalue weighted by atomic mass is 32.1. The van der Waals surface area contributed by atoms with Crippen LogP contribution >= 0.6 is 11.3 Å². The molecule has 0 radical (unpaired) electrons. The Morgan fingerprint density at radius 2 is 1.96 bits per heavy atom. The molecule has 1 aromatic carbocycles. The molecule has 2 aromatic heterocycles. The number of aromatic nitrogens is 2. The Labute approximate surface area is 156 Å². The minimum atomic E-state index is -0.284. The van der Waals surface area contributed by atoms with Gasteiger partial charge in [-0.15, -0.1) is 11.3 Å². The van der Waals surface area contributed by atoms with Crippen LogP contribution < -0.4 is 5.32 Å². The molecule has 0 saturated carbocycles. The molecule has 0 spiro atoms. The van der Waals surface area contributed by atoms with Gasteiger partial charge in [0, 0.05) is 17.2 Å². The van der Waals surface area contributed by atoms with Gasteiger partial charge in [0.05, 0.1) is 17.4 Å². The van der Waals surface area contributed by atoms with Crippen LogP contribution in [0.1, 0.15) is 41.7 Å². The number of nitrogens with zero attached hydrogens (tertiary/aromatic N) is 2. The lowest BCUT2D eigenvalue weighted by Crippen LogP contribution is -2.30. The fourth-order valence-electron chi connectivity index (χ4n) is 2.94. The van der Waals surface area contributed by atoms with Crippen LogP contribution in [-0.2, 0) is 4.79 Å². The number of hydrogen-bond donors (Lipinski definition) is 1. The van der Waals surface area contributed by atoms with Gasteiger partial charge in [-0.3, -0.25) is 9.20 Å². The van der Waals surface area contributed by atoms with E-state index in [2.05, 4.69) is 10.3 Å². The molecule has 0 fully saturated rings. The van der Waals surface area contributed by atoms with E-state index in [-0.39, 0.29) is 23.7 Å². The summed E-state index contributed by atoms with van der Waals surface area (Å²) >= 11 is 1.62. The van der Waals surface area contributed by atoms with Gasteiger partial charge in [0.25, 0.3) is 0 Å². The maximum atomic E-state index is 13.2. The van der Waals surface area contributed by atoms with Crippen molar-refractivity contribution in [2.75, 3.05) is 0 Å². The zero-order valence-electron chi connectivity index (χ0n) is 15.3. The number of nitrogens with one attached hydrogen (secondary N) is 1. The number of benzene rings is 1. The van der Waals surface area contributed by atoms with Gasteiger partial charge in [0.1, 0.15) is 5.82 Å². The lowest BCUT2D eigenvalue weighted by molar-refractivity contribution is -0.117. The van der Waals surface area contributed by atoms with Crippen molar-refractivity contribution in [1.29, 1.82) is 0 Å². The first-order chi connectivity index (χ1) is 12.3. The number of carbonyl (C=O) groups is 1. The van der Waals surface area contributed by atoms with Crippen molar-refractivity contribution in [2.45, 2.75) is 33.7 Å². The molecule has 4 nitrogen and oxygen atoms in total. The molecule has 26 heavy (non-hydrogen) atoms. The predicted octanol–water partition coefficient (Wildman–Crippen LogP) is 4.68. The van der Waals surface area contributed by atoms with E-state index in [4.69, 9.17) is 0 Å². The molecule has 6 heteroatoms. The molecule has 0 aliphatic heterocycles. The number of thiazole rings is 1. The first-order valence-corrected chi connectivity index (χ1v) is 9.36. The fraction of sp³-hybridized carbons (Fsp3) is 0.300. The number of hydrogen-bond acceptors (Lipinski definition) is 3. The maximum absolute atomic E-state index is 13.2. The molecule has 3 rings (SSSR count). The Balaban J connectivity index is 1.78. The van der Waals surface area contributed by atoms with E-state index >= 15 is 0 Å². The summed E-state index contributed by atoms with van der Waals surface area (Å²) in [6.07, 6.45) is 5.34. The van der Waals surface area contributed by atoms with E-state index in [1.54, 1.807) is 29.5 Å². The summed E-state index contributed by atoms with van der Waals surface area (Å²) < 4.78 is 15.2. The number of fused-ring (bicyclic) bond motifs is 1. The molecule has 1 unspecified atom stereocenters. The highest BCUT2D eigenvalue weighted by Crippen LogP contribution is 2.23. The van der Waals surface area contributed by atoms with Crippen molar-refractivity contribution in [3.05, 3.63) is 64.2 Å². The van der Waals surface area contributed by atoms with Gasteiger partial charge in [-0.1, -0.05) is 26.0 Å². The van der Waals surface area contributed by atoms with Gasteiger partial charge in [-0.25, -0.2) is 9.37 Å². The van der Waals surface area contributed by atoms with Crippen molar-refractivity contribution in [3.8, 4) is 0 Å². The molecule has 0 saturated heterocycles. The minimum absolute atomic E-state index is 0.178. The Morgan fingerprint density at radius 3 is 2.62 bits per heavy atom. The monoisotopic (exact) mass is 371 g/mol. The van der Waals surface area contributed by atoms with Crippen LogP contribution in [0.5, 0.6) is 0 Å². The first-order valence-electron chi connectivity index (χ1n) is 8.54. The smallest absolute Gasteiger partial charge is 0.244 e. The average Bonchev–Trinajstić information content (AvgIpc) is 3.06. The van der Waals surface area contributed by atoms with Crippen molar-refractivity contribution >= 4 is 28.3 Å². The van der Waals surface area contributed by atoms with E-state index in [1.807, 2.05) is 38.3 Å². The highest BCUT2D eigenvalue weighted by Gasteiger charge is 2.17. The molecule has 0 aliphatic carbocycles. The summed E-state index contributed by atoms with van der Waals surface area (Å²) in [6.45, 7) is 8.01. The SMILES string of the molecule is Cc1cn2c(/C=C/C(=O)NC(c3ccc(F)cc3)C(C)C)c(C)nc2s1. The Hall–Kier alpha value is -2.47. The third kappa shape index (κ3) is 3.85. The Morgan fingerprint density at radius 1 is 1.27 bits per heavy atom. The maximum Gasteiger partial charge on any atom is 0.244 e. The number of rotatable bonds is 5. The number of aryl methyl sites for hydroxylation is 2. The standard InChI is InChI=1S/C20H22FN3OS/c1-12(2)19(15-5-7-16(21)8-6-15)23-18(25)10-9-17-14(4)22-20-24(17)11-13(3)26-20/h5-12,19H,1-4H3,(H,23,25)/b10-9+. The fourth-order valence-corrected chi connectivity index (χ4v) is 3.82. The zero-order chi connectivity index (χ0) is 18.8. The summed E-state index contributed by atoms with van der Waals surface area (Å²) in [5.41, 5.74) is 2.68. The number of carbonyl (C=O) groups excluding carboxylic acids is 1. The molecular weight excluding hydrogens is 349 g/mol. The van der Waals surface area contributed by atoms with Gasteiger partial charge in [0.2, 0.25) is 5.91 Å². The van der Waals surface area contributed by atoms with Crippen LogP contribution in [0.15, 0.2) is 36.5 Å². The summed E-state index contributed by atoms with van der Waals surface area (Å²) in [5, 5.41) is 3.01. The molecule has 1 N–H and O–H groups in total. The van der Waals surface area contributed by atoms with Gasteiger partial charge >= 0.3 is 0 Å². The van der Waals surface area contributed by atoms with Crippen LogP contribution in [0, 0.1) is 25.6 Å².